The molecule has 0 aliphatic heterocycles. The summed E-state index contributed by atoms with van der Waals surface area (Å²) < 4.78 is 17.3. The number of benzene rings is 1. The second kappa shape index (κ2) is 13.3. The number of methoxy groups -OCH3 is 3. The van der Waals surface area contributed by atoms with Crippen LogP contribution in [0.5, 0.6) is 17.2 Å². The van der Waals surface area contributed by atoms with Gasteiger partial charge in [0, 0.05) is 6.08 Å². The molecule has 3 aromatic rings. The minimum atomic E-state index is -0.388. The Morgan fingerprint density at radius 3 is 2.09 bits per heavy atom. The van der Waals surface area contributed by atoms with E-state index in [1.165, 1.54) is 61.8 Å². The van der Waals surface area contributed by atoms with Crippen LogP contribution in [-0.2, 0) is 9.59 Å². The van der Waals surface area contributed by atoms with Crippen LogP contribution in [0.2, 0.25) is 0 Å². The molecule has 0 unspecified atom stereocenters. The number of carbonyl (C=O) groups excluding carboxylic acids is 2. The minimum absolute atomic E-state index is 0.124. The number of carbonyl (C=O) groups is 2. The quantitative estimate of drug-likeness (QED) is 0.191. The molecule has 0 radical (unpaired) electrons. The first kappa shape index (κ1) is 26.7. The standard InChI is InChI=1S/C20H22N6O5S4/c1-5-32-19-25-24-18(34-19)22-15(28)10-33-20-26-23-17(35-20)21-14(27)7-6-11-8-12(29-2)16(31-4)13(9-11)30-3/h6-9H,5,10H2,1-4H3,(H,21,23,27)(H,22,24,28)/b7-6+. The molecule has 0 fully saturated rings. The molecule has 11 nitrogen and oxygen atoms in total. The Morgan fingerprint density at radius 2 is 1.51 bits per heavy atom. The lowest BCUT2D eigenvalue weighted by molar-refractivity contribution is -0.114. The molecule has 3 rings (SSSR count). The summed E-state index contributed by atoms with van der Waals surface area (Å²) in [6, 6.07) is 3.45. The lowest BCUT2D eigenvalue weighted by Crippen LogP contribution is -2.13. The molecular weight excluding hydrogens is 533 g/mol. The highest BCUT2D eigenvalue weighted by Gasteiger charge is 2.14. The smallest absolute Gasteiger partial charge is 0.250 e. The summed E-state index contributed by atoms with van der Waals surface area (Å²) in [6.45, 7) is 2.02. The Balaban J connectivity index is 1.51. The van der Waals surface area contributed by atoms with Crippen LogP contribution >= 0.6 is 46.2 Å². The van der Waals surface area contributed by atoms with Crippen molar-refractivity contribution in [2.45, 2.75) is 15.6 Å². The van der Waals surface area contributed by atoms with E-state index in [0.717, 1.165) is 10.1 Å². The van der Waals surface area contributed by atoms with Crippen molar-refractivity contribution >= 4 is 74.4 Å². The van der Waals surface area contributed by atoms with Crippen molar-refractivity contribution in [3.63, 3.8) is 0 Å². The molecule has 2 aromatic heterocycles. The van der Waals surface area contributed by atoms with Crippen LogP contribution in [0, 0.1) is 0 Å². The van der Waals surface area contributed by atoms with Gasteiger partial charge in [-0.05, 0) is 29.5 Å². The highest BCUT2D eigenvalue weighted by atomic mass is 32.2. The van der Waals surface area contributed by atoms with Gasteiger partial charge in [-0.2, -0.15) is 0 Å². The molecule has 0 spiro atoms. The Morgan fingerprint density at radius 1 is 0.914 bits per heavy atom. The summed E-state index contributed by atoms with van der Waals surface area (Å²) >= 11 is 5.27. The fourth-order valence-electron chi connectivity index (χ4n) is 2.56. The zero-order valence-corrected chi connectivity index (χ0v) is 22.5. The lowest BCUT2D eigenvalue weighted by atomic mass is 10.1. The second-order valence-corrected chi connectivity index (χ2v) is 11.0. The van der Waals surface area contributed by atoms with Crippen LogP contribution in [0.4, 0.5) is 10.3 Å². The zero-order chi connectivity index (χ0) is 25.2. The average Bonchev–Trinajstić information content (AvgIpc) is 3.49. The van der Waals surface area contributed by atoms with Gasteiger partial charge in [0.2, 0.25) is 27.8 Å². The summed E-state index contributed by atoms with van der Waals surface area (Å²) in [7, 11) is 4.56. The molecule has 0 atom stereocenters. The van der Waals surface area contributed by atoms with Crippen molar-refractivity contribution in [3.05, 3.63) is 23.8 Å². The predicted octanol–water partition coefficient (Wildman–Crippen LogP) is 3.91. The second-order valence-electron chi connectivity index (χ2n) is 6.30. The average molecular weight is 555 g/mol. The summed E-state index contributed by atoms with van der Waals surface area (Å²) in [4.78, 5) is 24.5. The first-order valence-electron chi connectivity index (χ1n) is 9.97. The molecule has 15 heteroatoms. The van der Waals surface area contributed by atoms with E-state index >= 15 is 0 Å². The number of hydrogen-bond acceptors (Lipinski definition) is 13. The Labute approximate surface area is 218 Å². The van der Waals surface area contributed by atoms with E-state index in [-0.39, 0.29) is 17.6 Å². The Kier molecular flexibility index (Phi) is 10.1. The number of thioether (sulfide) groups is 2. The third-order valence-corrected chi connectivity index (χ3v) is 7.82. The molecule has 186 valence electrons. The van der Waals surface area contributed by atoms with Gasteiger partial charge in [-0.1, -0.05) is 53.1 Å². The maximum Gasteiger partial charge on any atom is 0.250 e. The minimum Gasteiger partial charge on any atom is -0.493 e. The summed E-state index contributed by atoms with van der Waals surface area (Å²) in [5.41, 5.74) is 0.685. The number of nitrogens with one attached hydrogen (secondary N) is 2. The van der Waals surface area contributed by atoms with Crippen molar-refractivity contribution in [3.8, 4) is 17.2 Å². The van der Waals surface area contributed by atoms with Gasteiger partial charge in [0.25, 0.3) is 0 Å². The zero-order valence-electron chi connectivity index (χ0n) is 19.2. The third-order valence-electron chi connectivity index (χ3n) is 4.00. The first-order chi connectivity index (χ1) is 16.9. The molecule has 0 saturated heterocycles. The largest absolute Gasteiger partial charge is 0.493 e. The third kappa shape index (κ3) is 7.81. The van der Waals surface area contributed by atoms with Crippen LogP contribution < -0.4 is 24.8 Å². The maximum atomic E-state index is 12.3. The number of amides is 2. The van der Waals surface area contributed by atoms with Gasteiger partial charge in [0.15, 0.2) is 20.2 Å². The molecule has 1 aromatic carbocycles. The Hall–Kier alpha value is -2.88. The van der Waals surface area contributed by atoms with Crippen molar-refractivity contribution in [2.75, 3.05) is 43.5 Å². The molecule has 35 heavy (non-hydrogen) atoms. The molecule has 0 saturated carbocycles. The lowest BCUT2D eigenvalue weighted by Gasteiger charge is -2.12. The van der Waals surface area contributed by atoms with Gasteiger partial charge in [-0.3, -0.25) is 20.2 Å². The number of nitrogens with zero attached hydrogens (tertiary/aromatic N) is 4. The predicted molar refractivity (Wildman–Crippen MR) is 139 cm³/mol. The van der Waals surface area contributed by atoms with Crippen molar-refractivity contribution in [2.24, 2.45) is 0 Å². The SMILES string of the molecule is CCSc1nnc(NC(=O)CSc2nnc(NC(=O)/C=C/c3cc(OC)c(OC)c(OC)c3)s2)s1. The van der Waals surface area contributed by atoms with E-state index in [4.69, 9.17) is 14.2 Å². The number of aromatic nitrogens is 4. The maximum absolute atomic E-state index is 12.3. The van der Waals surface area contributed by atoms with Crippen LogP contribution in [0.1, 0.15) is 12.5 Å². The fraction of sp³-hybridized carbons (Fsp3) is 0.300. The van der Waals surface area contributed by atoms with Crippen LogP contribution in [-0.4, -0.2) is 65.0 Å². The Bertz CT molecular complexity index is 1170. The van der Waals surface area contributed by atoms with Gasteiger partial charge < -0.3 is 14.2 Å². The topological polar surface area (TPSA) is 137 Å². The van der Waals surface area contributed by atoms with Crippen LogP contribution in [0.15, 0.2) is 26.9 Å². The molecule has 0 bridgehead atoms. The van der Waals surface area contributed by atoms with Gasteiger partial charge in [0.1, 0.15) is 0 Å². The number of anilines is 2. The summed E-state index contributed by atoms with van der Waals surface area (Å²) in [5, 5.41) is 22.0. The molecule has 2 heterocycles. The summed E-state index contributed by atoms with van der Waals surface area (Å²) in [6.07, 6.45) is 2.97. The van der Waals surface area contributed by atoms with Crippen molar-refractivity contribution in [1.82, 2.24) is 20.4 Å². The highest BCUT2D eigenvalue weighted by molar-refractivity contribution is 8.01. The van der Waals surface area contributed by atoms with Gasteiger partial charge in [0.05, 0.1) is 27.1 Å². The van der Waals surface area contributed by atoms with Gasteiger partial charge in [-0.15, -0.1) is 20.4 Å². The fourth-order valence-corrected chi connectivity index (χ4v) is 5.78. The van der Waals surface area contributed by atoms with E-state index < -0.39 is 0 Å². The van der Waals surface area contributed by atoms with Crippen LogP contribution in [0.3, 0.4) is 0 Å². The molecule has 0 aliphatic rings. The normalized spacial score (nSPS) is 10.9. The molecular formula is C20H22N6O5S4. The molecule has 2 amide bonds. The highest BCUT2D eigenvalue weighted by Crippen LogP contribution is 2.38. The van der Waals surface area contributed by atoms with Crippen molar-refractivity contribution in [1.29, 1.82) is 0 Å². The number of rotatable bonds is 12. The number of ether oxygens (including phenoxy) is 3. The van der Waals surface area contributed by atoms with E-state index in [1.807, 2.05) is 6.92 Å². The molecule has 0 aliphatic carbocycles. The summed E-state index contributed by atoms with van der Waals surface area (Å²) in [5.74, 6) is 1.82. The van der Waals surface area contributed by atoms with Crippen LogP contribution in [0.25, 0.3) is 6.08 Å². The van der Waals surface area contributed by atoms with E-state index in [1.54, 1.807) is 30.0 Å². The van der Waals surface area contributed by atoms with E-state index in [9.17, 15) is 9.59 Å². The van der Waals surface area contributed by atoms with Gasteiger partial charge in [-0.25, -0.2) is 0 Å². The van der Waals surface area contributed by atoms with Crippen molar-refractivity contribution < 1.29 is 23.8 Å². The van der Waals surface area contributed by atoms with E-state index in [0.29, 0.717) is 37.4 Å². The first-order valence-corrected chi connectivity index (χ1v) is 13.6. The van der Waals surface area contributed by atoms with E-state index in [2.05, 4.69) is 31.0 Å². The molecule has 2 N–H and O–H groups in total. The van der Waals surface area contributed by atoms with Gasteiger partial charge >= 0.3 is 0 Å². The number of hydrogen-bond donors (Lipinski definition) is 2. The monoisotopic (exact) mass is 554 g/mol.